The molecule has 0 unspecified atom stereocenters. The summed E-state index contributed by atoms with van der Waals surface area (Å²) in [5, 5.41) is 3.16. The Hall–Kier alpha value is -1.32. The molecule has 150 valence electrons. The van der Waals surface area contributed by atoms with Gasteiger partial charge in [-0.1, -0.05) is 0 Å². The molecule has 4 rings (SSSR count). The molecule has 0 heterocycles. The van der Waals surface area contributed by atoms with E-state index in [1.807, 2.05) is 0 Å². The first-order valence-corrected chi connectivity index (χ1v) is 23.4. The van der Waals surface area contributed by atoms with Crippen LogP contribution in [0.5, 0.6) is 0 Å². The topological polar surface area (TPSA) is 0 Å². The molecule has 3 aromatic rings. The third kappa shape index (κ3) is 2.91. The molecule has 1 saturated carbocycles. The Morgan fingerprint density at radius 1 is 0.655 bits per heavy atom. The van der Waals surface area contributed by atoms with Gasteiger partial charge >= 0.3 is 183 Å². The van der Waals surface area contributed by atoms with Crippen LogP contribution in [0, 0.1) is 0 Å². The molecule has 3 aromatic carbocycles. The molecule has 29 heavy (non-hydrogen) atoms. The van der Waals surface area contributed by atoms with Crippen molar-refractivity contribution in [1.82, 2.24) is 0 Å². The third-order valence-corrected chi connectivity index (χ3v) is 25.8. The maximum absolute atomic E-state index is 2.65. The van der Waals surface area contributed by atoms with Crippen molar-refractivity contribution in [3.8, 4) is 0 Å². The molecule has 0 spiro atoms. The van der Waals surface area contributed by atoms with Crippen molar-refractivity contribution in [3.05, 3.63) is 96.6 Å². The molecule has 0 saturated heterocycles. The van der Waals surface area contributed by atoms with Gasteiger partial charge in [-0.3, -0.25) is 0 Å². The first-order chi connectivity index (χ1) is 13.7. The van der Waals surface area contributed by atoms with Crippen LogP contribution < -0.4 is 10.4 Å². The van der Waals surface area contributed by atoms with Gasteiger partial charge in [-0.2, -0.15) is 0 Å². The molecular weight excluding hydrogens is 471 g/mol. The van der Waals surface area contributed by atoms with Crippen molar-refractivity contribution in [3.63, 3.8) is 0 Å². The Kier molecular flexibility index (Phi) is 5.14. The summed E-state index contributed by atoms with van der Waals surface area (Å²) in [5.74, 6) is 0. The predicted octanol–water partition coefficient (Wildman–Crippen LogP) is 6.32. The van der Waals surface area contributed by atoms with E-state index in [2.05, 4.69) is 126 Å². The standard InChI is InChI=1S/C24H25Si.3CH3.Sn/c1-19-23(24(19,2)20-13-7-4-8-14-20)25(3,21-15-9-5-10-16-21)22-17-11-6-12-18-22;;;;/h4-18,23H,1-3H3;3*1H3;/t23-,24+;;;;/m0..../s1. The van der Waals surface area contributed by atoms with Gasteiger partial charge in [-0.05, 0) is 0 Å². The van der Waals surface area contributed by atoms with E-state index in [0.29, 0.717) is 8.97 Å². The molecule has 0 radical (unpaired) electrons. The average molecular weight is 505 g/mol. The van der Waals surface area contributed by atoms with Gasteiger partial charge < -0.3 is 0 Å². The van der Waals surface area contributed by atoms with E-state index in [1.165, 1.54) is 0 Å². The fourth-order valence-electron chi connectivity index (χ4n) is 6.49. The second-order valence-corrected chi connectivity index (χ2v) is 30.3. The molecule has 1 aliphatic rings. The van der Waals surface area contributed by atoms with Crippen molar-refractivity contribution in [2.75, 3.05) is 0 Å². The zero-order chi connectivity index (χ0) is 20.9. The second-order valence-electron chi connectivity index (χ2n) is 10.4. The quantitative estimate of drug-likeness (QED) is 0.356. The fraction of sp³-hybridized carbons (Fsp3) is 0.333. The van der Waals surface area contributed by atoms with Crippen LogP contribution >= 0.6 is 0 Å². The van der Waals surface area contributed by atoms with Crippen LogP contribution in [-0.4, -0.2) is 26.5 Å². The van der Waals surface area contributed by atoms with Crippen LogP contribution in [-0.2, 0) is 5.41 Å². The third-order valence-electron chi connectivity index (χ3n) is 8.41. The monoisotopic (exact) mass is 506 g/mol. The first-order valence-electron chi connectivity index (χ1n) is 10.8. The Bertz CT molecular complexity index is 938. The summed E-state index contributed by atoms with van der Waals surface area (Å²) in [6.45, 7) is 7.89. The van der Waals surface area contributed by atoms with Gasteiger partial charge in [0.15, 0.2) is 0 Å². The Morgan fingerprint density at radius 2 is 1.03 bits per heavy atom. The maximum atomic E-state index is 2.65. The predicted molar refractivity (Wildman–Crippen MR) is 133 cm³/mol. The van der Waals surface area contributed by atoms with E-state index >= 15 is 0 Å². The van der Waals surface area contributed by atoms with Crippen molar-refractivity contribution >= 4 is 36.8 Å². The Labute approximate surface area is 182 Å². The molecular formula is C27H34SiSn. The summed E-state index contributed by atoms with van der Waals surface area (Å²) in [4.78, 5) is 7.96. The minimum absolute atomic E-state index is 0.245. The van der Waals surface area contributed by atoms with Crippen molar-refractivity contribution < 1.29 is 0 Å². The number of hydrogen-bond acceptors (Lipinski definition) is 0. The molecule has 0 amide bonds. The molecule has 0 nitrogen and oxygen atoms in total. The number of benzene rings is 3. The molecule has 0 aromatic heterocycles. The van der Waals surface area contributed by atoms with E-state index in [-0.39, 0.29) is 5.41 Å². The summed E-state index contributed by atoms with van der Waals surface area (Å²) >= 11 is -2.33. The van der Waals surface area contributed by atoms with Crippen molar-refractivity contribution in [1.29, 1.82) is 0 Å². The minimum atomic E-state index is -2.33. The first kappa shape index (κ1) is 20.9. The van der Waals surface area contributed by atoms with Gasteiger partial charge in [0.05, 0.1) is 0 Å². The van der Waals surface area contributed by atoms with Gasteiger partial charge in [-0.25, -0.2) is 0 Å². The van der Waals surface area contributed by atoms with Crippen molar-refractivity contribution in [2.45, 2.75) is 49.6 Å². The fourth-order valence-corrected chi connectivity index (χ4v) is 26.4. The molecule has 1 aliphatic carbocycles. The van der Waals surface area contributed by atoms with Crippen molar-refractivity contribution in [2.24, 2.45) is 0 Å². The van der Waals surface area contributed by atoms with Gasteiger partial charge in [0.25, 0.3) is 0 Å². The summed E-state index contributed by atoms with van der Waals surface area (Å²) < 4.78 is 0.426. The van der Waals surface area contributed by atoms with Gasteiger partial charge in [-0.15, -0.1) is 0 Å². The van der Waals surface area contributed by atoms with Crippen LogP contribution in [0.1, 0.15) is 19.4 Å². The normalized spacial score (nSPS) is 26.9. The SMILES string of the molecule is C[C@@]1(c2ccccc2)[C@@H]([Si](C)(c2ccccc2)c2ccccc2)[C@@]1(C)[Sn]([CH3])([CH3])[CH3]. The molecule has 3 atom stereocenters. The molecule has 0 N–H and O–H groups in total. The van der Waals surface area contributed by atoms with E-state index in [4.69, 9.17) is 0 Å². The second kappa shape index (κ2) is 7.13. The van der Waals surface area contributed by atoms with Crippen LogP contribution in [0.4, 0.5) is 0 Å². The summed E-state index contributed by atoms with van der Waals surface area (Å²) in [6.07, 6.45) is 0. The van der Waals surface area contributed by atoms with E-state index in [0.717, 1.165) is 0 Å². The van der Waals surface area contributed by atoms with Crippen LogP contribution in [0.2, 0.25) is 30.3 Å². The van der Waals surface area contributed by atoms with Gasteiger partial charge in [0.2, 0.25) is 0 Å². The van der Waals surface area contributed by atoms with Gasteiger partial charge in [0, 0.05) is 0 Å². The molecule has 0 bridgehead atoms. The molecule has 1 fully saturated rings. The Morgan fingerprint density at radius 3 is 1.41 bits per heavy atom. The van der Waals surface area contributed by atoms with Crippen LogP contribution in [0.3, 0.4) is 0 Å². The summed E-state index contributed by atoms with van der Waals surface area (Å²) in [6, 6.07) is 34.3. The number of hydrogen-bond donors (Lipinski definition) is 0. The summed E-state index contributed by atoms with van der Waals surface area (Å²) in [7, 11) is -1.98. The van der Waals surface area contributed by atoms with Crippen LogP contribution in [0.25, 0.3) is 0 Å². The zero-order valence-electron chi connectivity index (χ0n) is 18.7. The summed E-state index contributed by atoms with van der Waals surface area (Å²) in [5.41, 5.74) is 2.50. The Balaban J connectivity index is 2.00. The van der Waals surface area contributed by atoms with E-state index in [1.54, 1.807) is 15.9 Å². The average Bonchev–Trinajstić information content (AvgIpc) is 3.28. The molecule has 0 aliphatic heterocycles. The van der Waals surface area contributed by atoms with Crippen LogP contribution in [0.15, 0.2) is 91.0 Å². The van der Waals surface area contributed by atoms with E-state index < -0.39 is 26.5 Å². The van der Waals surface area contributed by atoms with E-state index in [9.17, 15) is 0 Å². The van der Waals surface area contributed by atoms with Gasteiger partial charge in [0.1, 0.15) is 0 Å². The molecule has 2 heteroatoms. The zero-order valence-corrected chi connectivity index (χ0v) is 22.6. The number of rotatable bonds is 5.